The molecule has 0 aliphatic carbocycles. The highest BCUT2D eigenvalue weighted by Gasteiger charge is 2.11. The summed E-state index contributed by atoms with van der Waals surface area (Å²) >= 11 is 0. The second-order valence-electron chi connectivity index (χ2n) is 4.67. The van der Waals surface area contributed by atoms with E-state index in [2.05, 4.69) is 33.2 Å². The van der Waals surface area contributed by atoms with Crippen LogP contribution in [0.1, 0.15) is 24.4 Å². The topological polar surface area (TPSA) is 80.5 Å². The van der Waals surface area contributed by atoms with Gasteiger partial charge in [-0.2, -0.15) is 5.10 Å². The molecule has 1 unspecified atom stereocenters. The zero-order valence-electron chi connectivity index (χ0n) is 10.9. The van der Waals surface area contributed by atoms with E-state index in [9.17, 15) is 0 Å². The van der Waals surface area contributed by atoms with Crippen LogP contribution < -0.4 is 5.73 Å². The van der Waals surface area contributed by atoms with Crippen LogP contribution in [0, 0.1) is 6.92 Å². The molecule has 0 bridgehead atoms. The first-order valence-corrected chi connectivity index (χ1v) is 6.20. The van der Waals surface area contributed by atoms with Crippen LogP contribution in [0.3, 0.4) is 0 Å². The van der Waals surface area contributed by atoms with E-state index in [1.54, 1.807) is 0 Å². The van der Waals surface area contributed by atoms with Crippen molar-refractivity contribution in [3.05, 3.63) is 41.7 Å². The molecule has 0 saturated carbocycles. The third-order valence-electron chi connectivity index (χ3n) is 3.09. The summed E-state index contributed by atoms with van der Waals surface area (Å²) in [6, 6.07) is 9.87. The summed E-state index contributed by atoms with van der Waals surface area (Å²) in [7, 11) is 0. The Kier molecular flexibility index (Phi) is 2.76. The Labute approximate surface area is 110 Å². The smallest absolute Gasteiger partial charge is 0.199 e. The van der Waals surface area contributed by atoms with Crippen molar-refractivity contribution in [1.29, 1.82) is 0 Å². The van der Waals surface area contributed by atoms with Crippen molar-refractivity contribution in [3.8, 4) is 11.5 Å². The number of hydrogen-bond donors (Lipinski definition) is 2. The highest BCUT2D eigenvalue weighted by Crippen LogP contribution is 2.22. The maximum atomic E-state index is 5.77. The Morgan fingerprint density at radius 2 is 2.00 bits per heavy atom. The maximum absolute atomic E-state index is 5.77. The molecule has 0 fully saturated rings. The molecule has 3 rings (SSSR count). The molecule has 0 radical (unpaired) electrons. The average Bonchev–Trinajstić information content (AvgIpc) is 2.88. The molecular weight excluding hydrogens is 238 g/mol. The molecule has 2 heterocycles. The van der Waals surface area contributed by atoms with Gasteiger partial charge >= 0.3 is 0 Å². The molecule has 96 valence electrons. The lowest BCUT2D eigenvalue weighted by molar-refractivity contribution is 0.745. The highest BCUT2D eigenvalue weighted by atomic mass is 15.2. The number of aryl methyl sites for hydroxylation is 1. The van der Waals surface area contributed by atoms with E-state index in [-0.39, 0.29) is 6.04 Å². The molecule has 5 heteroatoms. The number of nitrogens with zero attached hydrogens (tertiary/aromatic N) is 3. The van der Waals surface area contributed by atoms with Gasteiger partial charge in [0.1, 0.15) is 11.5 Å². The van der Waals surface area contributed by atoms with E-state index in [1.807, 2.05) is 31.2 Å². The van der Waals surface area contributed by atoms with Gasteiger partial charge in [0.2, 0.25) is 0 Å². The number of aromatic nitrogens is 4. The lowest BCUT2D eigenvalue weighted by atomic mass is 10.1. The Morgan fingerprint density at radius 3 is 2.74 bits per heavy atom. The number of pyridine rings is 1. The third-order valence-corrected chi connectivity index (χ3v) is 3.09. The van der Waals surface area contributed by atoms with Crippen molar-refractivity contribution in [3.63, 3.8) is 0 Å². The van der Waals surface area contributed by atoms with Gasteiger partial charge in [-0.15, -0.1) is 0 Å². The number of H-pyrrole nitrogens is 1. The minimum atomic E-state index is -0.164. The van der Waals surface area contributed by atoms with Gasteiger partial charge in [0.15, 0.2) is 5.82 Å². The van der Waals surface area contributed by atoms with Gasteiger partial charge in [0.25, 0.3) is 0 Å². The monoisotopic (exact) mass is 253 g/mol. The highest BCUT2D eigenvalue weighted by molar-refractivity contribution is 5.84. The van der Waals surface area contributed by atoms with Crippen LogP contribution in [0.15, 0.2) is 30.3 Å². The van der Waals surface area contributed by atoms with Gasteiger partial charge in [-0.3, -0.25) is 5.10 Å². The van der Waals surface area contributed by atoms with Crippen molar-refractivity contribution in [1.82, 2.24) is 20.2 Å². The summed E-state index contributed by atoms with van der Waals surface area (Å²) in [6.45, 7) is 3.93. The Hall–Kier alpha value is -2.27. The van der Waals surface area contributed by atoms with Crippen molar-refractivity contribution in [2.75, 3.05) is 0 Å². The van der Waals surface area contributed by atoms with Gasteiger partial charge in [-0.1, -0.05) is 18.2 Å². The zero-order chi connectivity index (χ0) is 13.4. The molecule has 5 nitrogen and oxygen atoms in total. The first kappa shape index (κ1) is 11.8. The summed E-state index contributed by atoms with van der Waals surface area (Å²) in [4.78, 5) is 8.97. The number of aromatic amines is 1. The molecule has 3 aromatic rings. The molecular formula is C14H15N5. The van der Waals surface area contributed by atoms with Gasteiger partial charge in [-0.25, -0.2) is 9.97 Å². The quantitative estimate of drug-likeness (QED) is 0.734. The van der Waals surface area contributed by atoms with Crippen LogP contribution in [0.25, 0.3) is 22.4 Å². The molecule has 0 aliphatic rings. The fourth-order valence-corrected chi connectivity index (χ4v) is 2.06. The largest absolute Gasteiger partial charge is 0.322 e. The molecule has 3 N–H and O–H groups in total. The summed E-state index contributed by atoms with van der Waals surface area (Å²) in [5.41, 5.74) is 8.64. The van der Waals surface area contributed by atoms with Gasteiger partial charge in [-0.05, 0) is 31.5 Å². The zero-order valence-corrected chi connectivity index (χ0v) is 10.9. The SMILES string of the molecule is Cc1cc(-c2n[nH]c(C(C)N)n2)nc2ccccc12. The van der Waals surface area contributed by atoms with Gasteiger partial charge in [0.05, 0.1) is 11.6 Å². The van der Waals surface area contributed by atoms with Crippen LogP contribution in [0.5, 0.6) is 0 Å². The van der Waals surface area contributed by atoms with Crippen molar-refractivity contribution in [2.45, 2.75) is 19.9 Å². The first-order valence-electron chi connectivity index (χ1n) is 6.20. The molecule has 1 aromatic carbocycles. The van der Waals surface area contributed by atoms with E-state index in [0.29, 0.717) is 11.6 Å². The molecule has 0 amide bonds. The summed E-state index contributed by atoms with van der Waals surface area (Å²) in [6.07, 6.45) is 0. The standard InChI is InChI=1S/C14H15N5/c1-8-7-12(14-17-13(9(2)15)18-19-14)16-11-6-4-3-5-10(8)11/h3-7,9H,15H2,1-2H3,(H,17,18,19). The molecule has 2 aromatic heterocycles. The van der Waals surface area contributed by atoms with Crippen LogP contribution >= 0.6 is 0 Å². The van der Waals surface area contributed by atoms with Crippen molar-refractivity contribution in [2.24, 2.45) is 5.73 Å². The van der Waals surface area contributed by atoms with E-state index in [0.717, 1.165) is 22.2 Å². The minimum absolute atomic E-state index is 0.164. The number of fused-ring (bicyclic) bond motifs is 1. The summed E-state index contributed by atoms with van der Waals surface area (Å²) in [5.74, 6) is 1.25. The molecule has 19 heavy (non-hydrogen) atoms. The second-order valence-corrected chi connectivity index (χ2v) is 4.67. The lowest BCUT2D eigenvalue weighted by Gasteiger charge is -2.03. The third kappa shape index (κ3) is 2.08. The van der Waals surface area contributed by atoms with E-state index >= 15 is 0 Å². The predicted molar refractivity (Wildman–Crippen MR) is 74.5 cm³/mol. The number of nitrogens with two attached hydrogens (primary N) is 1. The van der Waals surface area contributed by atoms with Crippen LogP contribution in [0.2, 0.25) is 0 Å². The fraction of sp³-hybridized carbons (Fsp3) is 0.214. The minimum Gasteiger partial charge on any atom is -0.322 e. The van der Waals surface area contributed by atoms with Gasteiger partial charge in [0, 0.05) is 5.39 Å². The lowest BCUT2D eigenvalue weighted by Crippen LogP contribution is -2.06. The number of rotatable bonds is 2. The van der Waals surface area contributed by atoms with E-state index < -0.39 is 0 Å². The Balaban J connectivity index is 2.14. The number of para-hydroxylation sites is 1. The summed E-state index contributed by atoms with van der Waals surface area (Å²) in [5, 5.41) is 8.17. The maximum Gasteiger partial charge on any atom is 0.199 e. The van der Waals surface area contributed by atoms with Crippen LogP contribution in [-0.2, 0) is 0 Å². The van der Waals surface area contributed by atoms with Crippen LogP contribution in [-0.4, -0.2) is 20.2 Å². The molecule has 0 spiro atoms. The predicted octanol–water partition coefficient (Wildman–Crippen LogP) is 2.35. The number of benzene rings is 1. The second kappa shape index (κ2) is 4.44. The number of hydrogen-bond acceptors (Lipinski definition) is 4. The normalized spacial score (nSPS) is 12.8. The Morgan fingerprint density at radius 1 is 1.21 bits per heavy atom. The fourth-order valence-electron chi connectivity index (χ4n) is 2.06. The van der Waals surface area contributed by atoms with E-state index in [1.165, 1.54) is 0 Å². The van der Waals surface area contributed by atoms with Crippen molar-refractivity contribution < 1.29 is 0 Å². The number of nitrogens with one attached hydrogen (secondary N) is 1. The molecule has 0 aliphatic heterocycles. The average molecular weight is 253 g/mol. The van der Waals surface area contributed by atoms with E-state index in [4.69, 9.17) is 5.73 Å². The van der Waals surface area contributed by atoms with Crippen LogP contribution in [0.4, 0.5) is 0 Å². The Bertz CT molecular complexity index is 730. The van der Waals surface area contributed by atoms with Gasteiger partial charge < -0.3 is 5.73 Å². The van der Waals surface area contributed by atoms with Crippen molar-refractivity contribution >= 4 is 10.9 Å². The first-order chi connectivity index (χ1) is 9.15. The summed E-state index contributed by atoms with van der Waals surface area (Å²) < 4.78 is 0. The molecule has 1 atom stereocenters. The molecule has 0 saturated heterocycles.